The molecule has 1 amide bonds. The monoisotopic (exact) mass is 313 g/mol. The van der Waals surface area contributed by atoms with Gasteiger partial charge >= 0.3 is 0 Å². The average Bonchev–Trinajstić information content (AvgIpc) is 2.84. The maximum absolute atomic E-state index is 12.4. The molecule has 0 unspecified atom stereocenters. The third kappa shape index (κ3) is 2.21. The van der Waals surface area contributed by atoms with Gasteiger partial charge in [0.2, 0.25) is 0 Å². The molecule has 2 aliphatic rings. The number of rotatable bonds is 1. The van der Waals surface area contributed by atoms with Gasteiger partial charge in [0, 0.05) is 6.54 Å². The summed E-state index contributed by atoms with van der Waals surface area (Å²) in [7, 11) is 0. The first-order valence-corrected chi connectivity index (χ1v) is 7.23. The van der Waals surface area contributed by atoms with Crippen LogP contribution in [0.3, 0.4) is 0 Å². The zero-order valence-corrected chi connectivity index (χ0v) is 11.7. The number of hydrogen-bond donors (Lipinski definition) is 0. The van der Waals surface area contributed by atoms with Crippen molar-refractivity contribution in [2.75, 3.05) is 13.2 Å². The molecule has 0 aromatic carbocycles. The van der Waals surface area contributed by atoms with Crippen LogP contribution in [0, 0.1) is 0 Å². The van der Waals surface area contributed by atoms with E-state index in [0.717, 1.165) is 12.8 Å². The highest BCUT2D eigenvalue weighted by atomic mass is 79.9. The molecule has 1 aromatic heterocycles. The summed E-state index contributed by atoms with van der Waals surface area (Å²) in [6, 6.07) is 3.70. The Hall–Kier alpha value is -0.810. The van der Waals surface area contributed by atoms with Crippen LogP contribution in [0.2, 0.25) is 0 Å². The quantitative estimate of drug-likeness (QED) is 0.800. The zero-order valence-electron chi connectivity index (χ0n) is 10.1. The topological polar surface area (TPSA) is 42.7 Å². The lowest BCUT2D eigenvalue weighted by Gasteiger charge is -2.43. The van der Waals surface area contributed by atoms with E-state index in [9.17, 15) is 4.79 Å². The minimum Gasteiger partial charge on any atom is -0.444 e. The van der Waals surface area contributed by atoms with E-state index < -0.39 is 0 Å². The maximum atomic E-state index is 12.4. The number of furan rings is 1. The first-order valence-electron chi connectivity index (χ1n) is 6.43. The van der Waals surface area contributed by atoms with Gasteiger partial charge in [-0.25, -0.2) is 0 Å². The summed E-state index contributed by atoms with van der Waals surface area (Å²) in [5.41, 5.74) is 0. The number of nitrogens with zero attached hydrogens (tertiary/aromatic N) is 1. The summed E-state index contributed by atoms with van der Waals surface area (Å²) < 4.78 is 11.7. The van der Waals surface area contributed by atoms with Crippen LogP contribution in [0.5, 0.6) is 0 Å². The van der Waals surface area contributed by atoms with E-state index in [1.807, 2.05) is 4.90 Å². The van der Waals surface area contributed by atoms with Crippen molar-refractivity contribution >= 4 is 21.8 Å². The second-order valence-corrected chi connectivity index (χ2v) is 5.64. The van der Waals surface area contributed by atoms with Gasteiger partial charge in [0.05, 0.1) is 18.8 Å². The first kappa shape index (κ1) is 12.2. The Morgan fingerprint density at radius 1 is 1.33 bits per heavy atom. The number of ether oxygens (including phenoxy) is 1. The van der Waals surface area contributed by atoms with Crippen molar-refractivity contribution in [1.82, 2.24) is 4.90 Å². The van der Waals surface area contributed by atoms with Crippen LogP contribution >= 0.6 is 15.9 Å². The standard InChI is InChI=1S/C13H16BrNO3/c14-12-6-5-11(18-12)13(16)15-7-8-17-10-4-2-1-3-9(10)15/h5-6,9-10H,1-4,7-8H2/t9-,10-/m1/s1. The first-order chi connectivity index (χ1) is 8.75. The van der Waals surface area contributed by atoms with Crippen molar-refractivity contribution in [3.63, 3.8) is 0 Å². The highest BCUT2D eigenvalue weighted by Gasteiger charge is 2.37. The van der Waals surface area contributed by atoms with Gasteiger partial charge in [-0.1, -0.05) is 12.8 Å². The van der Waals surface area contributed by atoms with Gasteiger partial charge in [0.25, 0.3) is 5.91 Å². The largest absolute Gasteiger partial charge is 0.444 e. The van der Waals surface area contributed by atoms with E-state index in [-0.39, 0.29) is 18.1 Å². The number of hydrogen-bond acceptors (Lipinski definition) is 3. The number of amides is 1. The summed E-state index contributed by atoms with van der Waals surface area (Å²) in [5.74, 6) is 0.397. The highest BCUT2D eigenvalue weighted by molar-refractivity contribution is 9.10. The van der Waals surface area contributed by atoms with Crippen molar-refractivity contribution in [3.8, 4) is 0 Å². The van der Waals surface area contributed by atoms with Crippen molar-refractivity contribution in [1.29, 1.82) is 0 Å². The van der Waals surface area contributed by atoms with Crippen LogP contribution < -0.4 is 0 Å². The van der Waals surface area contributed by atoms with Crippen LogP contribution in [0.25, 0.3) is 0 Å². The molecule has 0 bridgehead atoms. The van der Waals surface area contributed by atoms with Crippen molar-refractivity contribution < 1.29 is 13.9 Å². The molecule has 1 saturated heterocycles. The van der Waals surface area contributed by atoms with Gasteiger partial charge in [-0.05, 0) is 40.9 Å². The maximum Gasteiger partial charge on any atom is 0.290 e. The Morgan fingerprint density at radius 3 is 2.94 bits per heavy atom. The molecule has 5 heteroatoms. The molecule has 0 radical (unpaired) electrons. The van der Waals surface area contributed by atoms with Crippen LogP contribution in [0.4, 0.5) is 0 Å². The second kappa shape index (κ2) is 5.05. The van der Waals surface area contributed by atoms with Gasteiger partial charge in [0.1, 0.15) is 0 Å². The number of halogens is 1. The van der Waals surface area contributed by atoms with Crippen LogP contribution in [-0.4, -0.2) is 36.1 Å². The Labute approximate surface area is 114 Å². The second-order valence-electron chi connectivity index (χ2n) is 4.86. The predicted molar refractivity (Wildman–Crippen MR) is 69.4 cm³/mol. The molecule has 98 valence electrons. The number of fused-ring (bicyclic) bond motifs is 1. The van der Waals surface area contributed by atoms with E-state index in [2.05, 4.69) is 15.9 Å². The molecule has 18 heavy (non-hydrogen) atoms. The molecule has 1 aromatic rings. The van der Waals surface area contributed by atoms with Crippen molar-refractivity contribution in [2.24, 2.45) is 0 Å². The van der Waals surface area contributed by atoms with Crippen LogP contribution in [0.15, 0.2) is 21.2 Å². The number of morpholine rings is 1. The summed E-state index contributed by atoms with van der Waals surface area (Å²) in [6.45, 7) is 1.30. The molecule has 0 N–H and O–H groups in total. The fraction of sp³-hybridized carbons (Fsp3) is 0.615. The summed E-state index contributed by atoms with van der Waals surface area (Å²) in [5, 5.41) is 0. The summed E-state index contributed by atoms with van der Waals surface area (Å²) in [6.07, 6.45) is 4.70. The third-order valence-electron chi connectivity index (χ3n) is 3.78. The van der Waals surface area contributed by atoms with E-state index in [4.69, 9.17) is 9.15 Å². The minimum atomic E-state index is -0.0131. The molecule has 0 spiro atoms. The molecule has 1 saturated carbocycles. The molecule has 2 atom stereocenters. The number of carbonyl (C=O) groups is 1. The van der Waals surface area contributed by atoms with Gasteiger partial charge in [0.15, 0.2) is 10.4 Å². The van der Waals surface area contributed by atoms with E-state index in [0.29, 0.717) is 23.6 Å². The molecule has 1 aliphatic heterocycles. The normalized spacial score (nSPS) is 27.9. The molecular formula is C13H16BrNO3. The van der Waals surface area contributed by atoms with Gasteiger partial charge in [-0.15, -0.1) is 0 Å². The zero-order chi connectivity index (χ0) is 12.5. The van der Waals surface area contributed by atoms with E-state index >= 15 is 0 Å². The Bertz CT molecular complexity index is 443. The smallest absolute Gasteiger partial charge is 0.290 e. The van der Waals surface area contributed by atoms with Gasteiger partial charge in [-0.3, -0.25) is 4.79 Å². The van der Waals surface area contributed by atoms with Gasteiger partial charge < -0.3 is 14.1 Å². The number of carbonyl (C=O) groups excluding carboxylic acids is 1. The summed E-state index contributed by atoms with van der Waals surface area (Å²) >= 11 is 3.23. The SMILES string of the molecule is O=C(c1ccc(Br)o1)N1CCO[C@@H]2CCCC[C@H]21. The predicted octanol–water partition coefficient (Wildman–Crippen LogP) is 2.83. The van der Waals surface area contributed by atoms with Crippen molar-refractivity contribution in [2.45, 2.75) is 37.8 Å². The third-order valence-corrected chi connectivity index (χ3v) is 4.20. The molecule has 1 aliphatic carbocycles. The van der Waals surface area contributed by atoms with Crippen LogP contribution in [-0.2, 0) is 4.74 Å². The fourth-order valence-electron chi connectivity index (χ4n) is 2.92. The molecule has 4 nitrogen and oxygen atoms in total. The Kier molecular flexibility index (Phi) is 3.43. The van der Waals surface area contributed by atoms with Crippen molar-refractivity contribution in [3.05, 3.63) is 22.6 Å². The molecule has 3 rings (SSSR count). The highest BCUT2D eigenvalue weighted by Crippen LogP contribution is 2.29. The lowest BCUT2D eigenvalue weighted by molar-refractivity contribution is -0.0759. The molecule has 2 heterocycles. The van der Waals surface area contributed by atoms with Crippen LogP contribution in [0.1, 0.15) is 36.2 Å². The average molecular weight is 314 g/mol. The lowest BCUT2D eigenvalue weighted by atomic mass is 9.90. The fourth-order valence-corrected chi connectivity index (χ4v) is 3.23. The Balaban J connectivity index is 1.79. The molecular weight excluding hydrogens is 298 g/mol. The van der Waals surface area contributed by atoms with Gasteiger partial charge in [-0.2, -0.15) is 0 Å². The lowest BCUT2D eigenvalue weighted by Crippen LogP contribution is -2.54. The van der Waals surface area contributed by atoms with E-state index in [1.165, 1.54) is 12.8 Å². The summed E-state index contributed by atoms with van der Waals surface area (Å²) in [4.78, 5) is 14.4. The minimum absolute atomic E-state index is 0.0131. The molecule has 2 fully saturated rings. The van der Waals surface area contributed by atoms with E-state index in [1.54, 1.807) is 12.1 Å². The Morgan fingerprint density at radius 2 is 2.17 bits per heavy atom.